The number of carboxylic acid groups (broad SMARTS) is 1. The number of hydrogen-bond acceptors (Lipinski definition) is 3. The van der Waals surface area contributed by atoms with Crippen molar-refractivity contribution in [2.75, 3.05) is 40.3 Å². The number of rotatable bonds is 8. The first-order chi connectivity index (χ1) is 9.91. The molecule has 0 aromatic rings. The number of hydrogen-bond donors (Lipinski definition) is 2. The lowest BCUT2D eigenvalue weighted by molar-refractivity contribution is -0.148. The van der Waals surface area contributed by atoms with Crippen molar-refractivity contribution in [3.05, 3.63) is 0 Å². The molecule has 2 N–H and O–H groups in total. The van der Waals surface area contributed by atoms with Crippen LogP contribution in [0.4, 0.5) is 4.79 Å². The van der Waals surface area contributed by atoms with Gasteiger partial charge in [0.05, 0.1) is 5.41 Å². The zero-order chi connectivity index (χ0) is 15.9. The molecule has 0 aliphatic heterocycles. The molecule has 6 heteroatoms. The Morgan fingerprint density at radius 3 is 2.29 bits per heavy atom. The number of carbonyl (C=O) groups is 2. The summed E-state index contributed by atoms with van der Waals surface area (Å²) in [4.78, 5) is 27.5. The number of nitrogens with one attached hydrogen (secondary N) is 1. The molecule has 0 aromatic carbocycles. The Morgan fingerprint density at radius 2 is 1.81 bits per heavy atom. The Hall–Kier alpha value is -1.30. The Morgan fingerprint density at radius 1 is 1.19 bits per heavy atom. The van der Waals surface area contributed by atoms with E-state index in [4.69, 9.17) is 0 Å². The lowest BCUT2D eigenvalue weighted by Crippen LogP contribution is -2.47. The minimum atomic E-state index is -0.782. The van der Waals surface area contributed by atoms with E-state index in [1.807, 2.05) is 21.0 Å². The normalized spacial score (nSPS) is 17.0. The van der Waals surface area contributed by atoms with Crippen LogP contribution in [-0.2, 0) is 4.79 Å². The number of amides is 2. The molecule has 0 aromatic heterocycles. The van der Waals surface area contributed by atoms with Crippen LogP contribution in [0.25, 0.3) is 0 Å². The van der Waals surface area contributed by atoms with E-state index in [2.05, 4.69) is 10.2 Å². The van der Waals surface area contributed by atoms with Crippen LogP contribution in [0, 0.1) is 5.41 Å². The van der Waals surface area contributed by atoms with Crippen molar-refractivity contribution in [1.82, 2.24) is 15.1 Å². The van der Waals surface area contributed by atoms with E-state index in [9.17, 15) is 14.7 Å². The monoisotopic (exact) mass is 299 g/mol. The van der Waals surface area contributed by atoms with E-state index in [0.29, 0.717) is 25.9 Å². The molecular weight excluding hydrogens is 270 g/mol. The van der Waals surface area contributed by atoms with Crippen LogP contribution < -0.4 is 5.32 Å². The molecule has 1 fully saturated rings. The second kappa shape index (κ2) is 8.22. The fraction of sp³-hybridized carbons (Fsp3) is 0.867. The number of aliphatic carboxylic acids is 1. The molecule has 1 aliphatic rings. The zero-order valence-electron chi connectivity index (χ0n) is 13.5. The summed E-state index contributed by atoms with van der Waals surface area (Å²) in [6.45, 7) is 4.45. The van der Waals surface area contributed by atoms with Crippen molar-refractivity contribution in [2.45, 2.75) is 39.0 Å². The first-order valence-electron chi connectivity index (χ1n) is 7.82. The van der Waals surface area contributed by atoms with Gasteiger partial charge in [-0.15, -0.1) is 0 Å². The van der Waals surface area contributed by atoms with Gasteiger partial charge in [-0.2, -0.15) is 0 Å². The number of nitrogens with zero attached hydrogens (tertiary/aromatic N) is 2. The summed E-state index contributed by atoms with van der Waals surface area (Å²) in [7, 11) is 4.01. The highest BCUT2D eigenvalue weighted by Gasteiger charge is 2.41. The van der Waals surface area contributed by atoms with Crippen molar-refractivity contribution >= 4 is 12.0 Å². The first-order valence-corrected chi connectivity index (χ1v) is 7.82. The summed E-state index contributed by atoms with van der Waals surface area (Å²) in [6.07, 6.45) is 4.11. The van der Waals surface area contributed by atoms with Gasteiger partial charge >= 0.3 is 12.0 Å². The van der Waals surface area contributed by atoms with Gasteiger partial charge in [0.2, 0.25) is 0 Å². The van der Waals surface area contributed by atoms with Crippen LogP contribution in [0.1, 0.15) is 39.0 Å². The first kappa shape index (κ1) is 17.8. The molecule has 0 radical (unpaired) electrons. The second-order valence-electron chi connectivity index (χ2n) is 6.19. The Labute approximate surface area is 127 Å². The van der Waals surface area contributed by atoms with Crippen molar-refractivity contribution in [3.8, 4) is 0 Å². The fourth-order valence-electron chi connectivity index (χ4n) is 2.86. The maximum atomic E-state index is 12.2. The van der Waals surface area contributed by atoms with Crippen LogP contribution in [0.2, 0.25) is 0 Å². The molecule has 0 spiro atoms. The smallest absolute Gasteiger partial charge is 0.317 e. The average molecular weight is 299 g/mol. The van der Waals surface area contributed by atoms with E-state index in [1.165, 1.54) is 0 Å². The van der Waals surface area contributed by atoms with Gasteiger partial charge in [-0.25, -0.2) is 4.79 Å². The van der Waals surface area contributed by atoms with Crippen molar-refractivity contribution in [2.24, 2.45) is 5.41 Å². The topological polar surface area (TPSA) is 72.9 Å². The summed E-state index contributed by atoms with van der Waals surface area (Å²) in [6, 6.07) is -0.149. The third kappa shape index (κ3) is 5.19. The maximum absolute atomic E-state index is 12.2. The van der Waals surface area contributed by atoms with Crippen LogP contribution in [0.15, 0.2) is 0 Å². The standard InChI is InChI=1S/C15H29N3O3/c1-4-18(11-7-10-17(2)3)14(21)16-12-15(13(19)20)8-5-6-9-15/h4-12H2,1-3H3,(H,16,21)(H,19,20). The molecule has 0 unspecified atom stereocenters. The van der Waals surface area contributed by atoms with Crippen molar-refractivity contribution in [3.63, 3.8) is 0 Å². The highest BCUT2D eigenvalue weighted by Crippen LogP contribution is 2.37. The van der Waals surface area contributed by atoms with Crippen molar-refractivity contribution in [1.29, 1.82) is 0 Å². The predicted molar refractivity (Wildman–Crippen MR) is 82.4 cm³/mol. The van der Waals surface area contributed by atoms with Gasteiger partial charge in [0.1, 0.15) is 0 Å². The molecule has 2 amide bonds. The van der Waals surface area contributed by atoms with Gasteiger partial charge < -0.3 is 20.2 Å². The van der Waals surface area contributed by atoms with Gasteiger partial charge in [-0.05, 0) is 46.8 Å². The third-order valence-electron chi connectivity index (χ3n) is 4.29. The summed E-state index contributed by atoms with van der Waals surface area (Å²) in [5, 5.41) is 12.2. The van der Waals surface area contributed by atoms with Gasteiger partial charge in [-0.3, -0.25) is 4.79 Å². The molecule has 1 aliphatic carbocycles. The molecule has 122 valence electrons. The molecule has 0 atom stereocenters. The fourth-order valence-corrected chi connectivity index (χ4v) is 2.86. The predicted octanol–water partition coefficient (Wildman–Crippen LogP) is 1.61. The Balaban J connectivity index is 2.44. The van der Waals surface area contributed by atoms with Gasteiger partial charge in [0.15, 0.2) is 0 Å². The largest absolute Gasteiger partial charge is 0.481 e. The molecule has 6 nitrogen and oxygen atoms in total. The molecule has 1 saturated carbocycles. The van der Waals surface area contributed by atoms with E-state index in [1.54, 1.807) is 4.90 Å². The second-order valence-corrected chi connectivity index (χ2v) is 6.19. The number of carbonyl (C=O) groups excluding carboxylic acids is 1. The molecule has 0 saturated heterocycles. The van der Waals surface area contributed by atoms with E-state index >= 15 is 0 Å². The van der Waals surface area contributed by atoms with Gasteiger partial charge in [0, 0.05) is 19.6 Å². The van der Waals surface area contributed by atoms with E-state index in [-0.39, 0.29) is 12.6 Å². The lowest BCUT2D eigenvalue weighted by atomic mass is 9.86. The van der Waals surface area contributed by atoms with Crippen LogP contribution in [0.5, 0.6) is 0 Å². The van der Waals surface area contributed by atoms with Crippen LogP contribution in [0.3, 0.4) is 0 Å². The van der Waals surface area contributed by atoms with Gasteiger partial charge in [-0.1, -0.05) is 12.8 Å². The van der Waals surface area contributed by atoms with E-state index in [0.717, 1.165) is 25.8 Å². The van der Waals surface area contributed by atoms with Crippen molar-refractivity contribution < 1.29 is 14.7 Å². The molecular formula is C15H29N3O3. The summed E-state index contributed by atoms with van der Waals surface area (Å²) >= 11 is 0. The van der Waals surface area contributed by atoms with Crippen LogP contribution in [-0.4, -0.2) is 67.2 Å². The summed E-state index contributed by atoms with van der Waals surface area (Å²) in [5.41, 5.74) is -0.751. The summed E-state index contributed by atoms with van der Waals surface area (Å²) < 4.78 is 0. The minimum absolute atomic E-state index is 0.149. The summed E-state index contributed by atoms with van der Waals surface area (Å²) in [5.74, 6) is -0.782. The number of carboxylic acids is 1. The Bertz CT molecular complexity index is 352. The zero-order valence-corrected chi connectivity index (χ0v) is 13.5. The highest BCUT2D eigenvalue weighted by molar-refractivity contribution is 5.78. The molecule has 21 heavy (non-hydrogen) atoms. The van der Waals surface area contributed by atoms with Crippen LogP contribution >= 0.6 is 0 Å². The van der Waals surface area contributed by atoms with Gasteiger partial charge in [0.25, 0.3) is 0 Å². The maximum Gasteiger partial charge on any atom is 0.317 e. The quantitative estimate of drug-likeness (QED) is 0.714. The number of urea groups is 1. The highest BCUT2D eigenvalue weighted by atomic mass is 16.4. The minimum Gasteiger partial charge on any atom is -0.481 e. The SMILES string of the molecule is CCN(CCCN(C)C)C(=O)NCC1(C(=O)O)CCCC1. The lowest BCUT2D eigenvalue weighted by Gasteiger charge is -2.27. The average Bonchev–Trinajstić information content (AvgIpc) is 2.91. The molecule has 0 bridgehead atoms. The molecule has 1 rings (SSSR count). The third-order valence-corrected chi connectivity index (χ3v) is 4.29. The van der Waals surface area contributed by atoms with E-state index < -0.39 is 11.4 Å². The molecule has 0 heterocycles. The Kier molecular flexibility index (Phi) is 6.95.